The van der Waals surface area contributed by atoms with Gasteiger partial charge in [0, 0.05) is 47.7 Å². The number of benzene rings is 6. The van der Waals surface area contributed by atoms with Crippen molar-refractivity contribution in [3.05, 3.63) is 107 Å². The average molecular weight is 507 g/mol. The molecule has 0 saturated heterocycles. The summed E-state index contributed by atoms with van der Waals surface area (Å²) >= 11 is 0. The van der Waals surface area contributed by atoms with Crippen molar-refractivity contribution in [2.24, 2.45) is 0 Å². The molecule has 0 fully saturated rings. The van der Waals surface area contributed by atoms with Crippen LogP contribution >= 0.6 is 0 Å². The molecular formula is C28H20CoN2O4+2. The third-order valence-electron chi connectivity index (χ3n) is 6.02. The van der Waals surface area contributed by atoms with Gasteiger partial charge in [-0.3, -0.25) is 0 Å². The largest absolute Gasteiger partial charge is 0.502 e. The van der Waals surface area contributed by atoms with Gasteiger partial charge in [0.05, 0.1) is 10.8 Å². The van der Waals surface area contributed by atoms with Gasteiger partial charge in [0.25, 0.3) is 0 Å². The second kappa shape index (κ2) is 9.88. The summed E-state index contributed by atoms with van der Waals surface area (Å²) in [7, 11) is 0. The van der Waals surface area contributed by atoms with Gasteiger partial charge in [-0.05, 0) is 33.7 Å². The molecule has 1 radical (unpaired) electrons. The molecule has 0 aliphatic carbocycles. The van der Waals surface area contributed by atoms with E-state index in [2.05, 4.69) is 0 Å². The SMILES string of the molecule is O=[NH+]c1c(O)c2ccccc2c2ccccc12.O=[NH+]c1c(O)c2ccccc2c2ccccc12.[Co]. The van der Waals surface area contributed by atoms with Crippen molar-refractivity contribution in [3.8, 4) is 11.5 Å². The molecule has 6 rings (SSSR count). The molecule has 6 aromatic carbocycles. The number of aromatic hydroxyl groups is 2. The fourth-order valence-corrected chi connectivity index (χ4v) is 4.45. The van der Waals surface area contributed by atoms with E-state index in [1.54, 1.807) is 12.1 Å². The molecule has 0 amide bonds. The van der Waals surface area contributed by atoms with Gasteiger partial charge in [-0.25, -0.2) is 0 Å². The quantitative estimate of drug-likeness (QED) is 0.207. The van der Waals surface area contributed by atoms with Gasteiger partial charge >= 0.3 is 11.4 Å². The number of phenolic OH excluding ortho intramolecular Hbond substituents is 2. The summed E-state index contributed by atoms with van der Waals surface area (Å²) in [6.45, 7) is 0. The van der Waals surface area contributed by atoms with Gasteiger partial charge in [-0.2, -0.15) is 0 Å². The fraction of sp³-hybridized carbons (Fsp3) is 0. The molecule has 0 aromatic heterocycles. The van der Waals surface area contributed by atoms with Crippen molar-refractivity contribution in [3.63, 3.8) is 0 Å². The summed E-state index contributed by atoms with van der Waals surface area (Å²) in [6, 6.07) is 30.0. The Morgan fingerprint density at radius 3 is 0.914 bits per heavy atom. The monoisotopic (exact) mass is 507 g/mol. The van der Waals surface area contributed by atoms with Gasteiger partial charge in [-0.1, -0.05) is 84.9 Å². The summed E-state index contributed by atoms with van der Waals surface area (Å²) < 4.78 is 0. The van der Waals surface area contributed by atoms with E-state index in [1.165, 1.54) is 0 Å². The molecule has 7 heteroatoms. The van der Waals surface area contributed by atoms with Crippen molar-refractivity contribution >= 4 is 54.5 Å². The van der Waals surface area contributed by atoms with Crippen LogP contribution in [0.25, 0.3) is 43.1 Å². The van der Waals surface area contributed by atoms with Crippen LogP contribution < -0.4 is 10.4 Å². The predicted octanol–water partition coefficient (Wildman–Crippen LogP) is 4.35. The minimum atomic E-state index is 0. The van der Waals surface area contributed by atoms with Crippen LogP contribution in [0.4, 0.5) is 11.4 Å². The summed E-state index contributed by atoms with van der Waals surface area (Å²) in [5.41, 5.74) is 0.471. The van der Waals surface area contributed by atoms with E-state index in [0.717, 1.165) is 32.3 Å². The van der Waals surface area contributed by atoms with E-state index in [-0.39, 0.29) is 39.7 Å². The van der Waals surface area contributed by atoms with E-state index >= 15 is 0 Å². The number of hydrogen-bond donors (Lipinski definition) is 4. The normalized spacial score (nSPS) is 10.5. The third kappa shape index (κ3) is 3.97. The van der Waals surface area contributed by atoms with Gasteiger partial charge < -0.3 is 10.2 Å². The Hall–Kier alpha value is -4.33. The van der Waals surface area contributed by atoms with Crippen LogP contribution in [-0.4, -0.2) is 10.2 Å². The first kappa shape index (κ1) is 23.8. The molecule has 173 valence electrons. The van der Waals surface area contributed by atoms with Crippen LogP contribution in [0.1, 0.15) is 0 Å². The average Bonchev–Trinajstić information content (AvgIpc) is 2.90. The van der Waals surface area contributed by atoms with Crippen molar-refractivity contribution in [2.75, 3.05) is 0 Å². The Morgan fingerprint density at radius 2 is 0.629 bits per heavy atom. The van der Waals surface area contributed by atoms with Gasteiger partial charge in [0.2, 0.25) is 11.5 Å². The van der Waals surface area contributed by atoms with Crippen LogP contribution in [0.3, 0.4) is 0 Å². The fourth-order valence-electron chi connectivity index (χ4n) is 4.45. The first-order chi connectivity index (χ1) is 16.7. The molecule has 0 aliphatic heterocycles. The van der Waals surface area contributed by atoms with Crippen LogP contribution in [0.15, 0.2) is 97.1 Å². The van der Waals surface area contributed by atoms with Crippen LogP contribution in [-0.2, 0) is 16.8 Å². The van der Waals surface area contributed by atoms with Crippen LogP contribution in [0, 0.1) is 9.81 Å². The van der Waals surface area contributed by atoms with Gasteiger partial charge in [-0.15, -0.1) is 0 Å². The van der Waals surface area contributed by atoms with Crippen LogP contribution in [0.5, 0.6) is 11.5 Å². The van der Waals surface area contributed by atoms with Gasteiger partial charge in [0.15, 0.2) is 0 Å². The molecule has 0 bridgehead atoms. The van der Waals surface area contributed by atoms with Crippen molar-refractivity contribution < 1.29 is 37.3 Å². The Labute approximate surface area is 210 Å². The zero-order valence-corrected chi connectivity index (χ0v) is 19.3. The second-order valence-electron chi connectivity index (χ2n) is 7.83. The first-order valence-corrected chi connectivity index (χ1v) is 10.7. The Bertz CT molecular complexity index is 1600. The summed E-state index contributed by atoms with van der Waals surface area (Å²) in [6.07, 6.45) is 0. The number of fused-ring (bicyclic) bond motifs is 6. The van der Waals surface area contributed by atoms with E-state index in [1.807, 2.05) is 95.3 Å². The molecule has 0 heterocycles. The van der Waals surface area contributed by atoms with E-state index in [9.17, 15) is 20.0 Å². The van der Waals surface area contributed by atoms with Crippen molar-refractivity contribution in [2.45, 2.75) is 0 Å². The maximum atomic E-state index is 11.0. The summed E-state index contributed by atoms with van der Waals surface area (Å²) in [5.74, 6) is 0.0172. The number of phenols is 2. The van der Waals surface area contributed by atoms with Gasteiger partial charge in [0.1, 0.15) is 0 Å². The molecule has 6 aromatic rings. The number of hydrogen-bond acceptors (Lipinski definition) is 4. The zero-order chi connectivity index (χ0) is 23.7. The Balaban J connectivity index is 0.000000160. The van der Waals surface area contributed by atoms with E-state index in [0.29, 0.717) is 10.8 Å². The molecule has 0 spiro atoms. The topological polar surface area (TPSA) is 103 Å². The Kier molecular flexibility index (Phi) is 6.72. The first-order valence-electron chi connectivity index (χ1n) is 10.7. The molecule has 6 nitrogen and oxygen atoms in total. The van der Waals surface area contributed by atoms with E-state index in [4.69, 9.17) is 0 Å². The molecule has 0 atom stereocenters. The standard InChI is InChI=1S/2C14H9NO2.Co/c2*16-14-12-8-4-2-6-10(12)9-5-1-3-7-11(9)13(14)15-17;/h2*1-8,16H;/p+2. The zero-order valence-electron chi connectivity index (χ0n) is 18.3. The molecule has 0 unspecified atom stereocenters. The molecule has 0 saturated carbocycles. The summed E-state index contributed by atoms with van der Waals surface area (Å²) in [5, 5.41) is 30.5. The molecular weight excluding hydrogens is 487 g/mol. The maximum Gasteiger partial charge on any atom is 0.303 e. The number of nitroso groups, excluding NO2 is 2. The van der Waals surface area contributed by atoms with Crippen molar-refractivity contribution in [1.29, 1.82) is 0 Å². The minimum Gasteiger partial charge on any atom is -0.502 e. The van der Waals surface area contributed by atoms with Crippen LogP contribution in [0.2, 0.25) is 0 Å². The minimum absolute atomic E-state index is 0. The second-order valence-corrected chi connectivity index (χ2v) is 7.83. The van der Waals surface area contributed by atoms with E-state index < -0.39 is 0 Å². The molecule has 0 aliphatic rings. The number of nitrogens with one attached hydrogen (secondary N) is 2. The smallest absolute Gasteiger partial charge is 0.303 e. The number of rotatable bonds is 2. The van der Waals surface area contributed by atoms with Crippen molar-refractivity contribution in [1.82, 2.24) is 0 Å². The molecule has 35 heavy (non-hydrogen) atoms. The Morgan fingerprint density at radius 1 is 0.400 bits per heavy atom. The maximum absolute atomic E-state index is 11.0. The predicted molar refractivity (Wildman–Crippen MR) is 134 cm³/mol. The summed E-state index contributed by atoms with van der Waals surface area (Å²) in [4.78, 5) is 22.0. The molecule has 4 N–H and O–H groups in total. The third-order valence-corrected chi connectivity index (χ3v) is 6.02.